The van der Waals surface area contributed by atoms with E-state index >= 15 is 0 Å². The molecule has 0 unspecified atom stereocenters. The maximum absolute atomic E-state index is 13.3. The second-order valence-electron chi connectivity index (χ2n) is 11.5. The third-order valence-corrected chi connectivity index (χ3v) is 8.58. The molecule has 0 aromatic heterocycles. The Hall–Kier alpha value is -3.92. The van der Waals surface area contributed by atoms with E-state index in [0.29, 0.717) is 84.4 Å². The number of amides is 2. The number of ketones is 1. The standard InChI is InChI=1S/C35H40Cl2N4O5/c1-39(2)17-16-33(43)41-20-18-40(19-21-41)31-15-13-27(32(42)7-5-4-6-24-12-14-28(36)23-29(24)37)22-30(31)38-34(44)25-8-10-26(11-9-25)35(45)46-3/h8-15,22-23H,4-7,16-21H2,1-3H3,(H,38,44). The summed E-state index contributed by atoms with van der Waals surface area (Å²) in [6, 6.07) is 17.0. The molecule has 1 aliphatic rings. The van der Waals surface area contributed by atoms with Crippen LogP contribution in [0.25, 0.3) is 0 Å². The van der Waals surface area contributed by atoms with E-state index in [9.17, 15) is 19.2 Å². The highest BCUT2D eigenvalue weighted by Gasteiger charge is 2.24. The predicted octanol–water partition coefficient (Wildman–Crippen LogP) is 6.23. The van der Waals surface area contributed by atoms with Crippen molar-refractivity contribution in [3.63, 3.8) is 0 Å². The molecule has 0 spiro atoms. The van der Waals surface area contributed by atoms with Gasteiger partial charge < -0.3 is 24.8 Å². The quantitative estimate of drug-likeness (QED) is 0.131. The van der Waals surface area contributed by atoms with Gasteiger partial charge in [0.15, 0.2) is 5.78 Å². The third kappa shape index (κ3) is 9.55. The van der Waals surface area contributed by atoms with Crippen LogP contribution in [0.1, 0.15) is 62.3 Å². The summed E-state index contributed by atoms with van der Waals surface area (Å²) in [4.78, 5) is 57.1. The monoisotopic (exact) mass is 666 g/mol. The van der Waals surface area contributed by atoms with E-state index in [-0.39, 0.29) is 17.6 Å². The first kappa shape index (κ1) is 34.9. The van der Waals surface area contributed by atoms with Crippen molar-refractivity contribution in [1.82, 2.24) is 9.80 Å². The Bertz CT molecular complexity index is 1550. The Morgan fingerprint density at radius 2 is 1.50 bits per heavy atom. The summed E-state index contributed by atoms with van der Waals surface area (Å²) in [5.41, 5.74) is 3.47. The molecule has 9 nitrogen and oxygen atoms in total. The van der Waals surface area contributed by atoms with Gasteiger partial charge in [-0.25, -0.2) is 4.79 Å². The summed E-state index contributed by atoms with van der Waals surface area (Å²) in [6.07, 6.45) is 3.01. The number of Topliss-reactive ketones (excluding diaryl/α,β-unsaturated/α-hetero) is 1. The van der Waals surface area contributed by atoms with Crippen LogP contribution in [0.5, 0.6) is 0 Å². The number of nitrogens with zero attached hydrogens (tertiary/aromatic N) is 3. The van der Waals surface area contributed by atoms with Crippen molar-refractivity contribution in [2.45, 2.75) is 32.1 Å². The normalized spacial score (nSPS) is 13.1. The van der Waals surface area contributed by atoms with Gasteiger partial charge in [0, 0.05) is 66.7 Å². The number of methoxy groups -OCH3 is 1. The molecule has 3 aromatic rings. The topological polar surface area (TPSA) is 99.3 Å². The van der Waals surface area contributed by atoms with Gasteiger partial charge in [0.05, 0.1) is 24.0 Å². The fraction of sp³-hybridized carbons (Fsp3) is 0.371. The molecule has 0 saturated carbocycles. The van der Waals surface area contributed by atoms with Gasteiger partial charge in [-0.1, -0.05) is 29.3 Å². The molecule has 1 N–H and O–H groups in total. The van der Waals surface area contributed by atoms with Gasteiger partial charge in [0.2, 0.25) is 5.91 Å². The molecule has 0 radical (unpaired) electrons. The molecule has 1 aliphatic heterocycles. The van der Waals surface area contributed by atoms with E-state index < -0.39 is 5.97 Å². The number of nitrogens with one attached hydrogen (secondary N) is 1. The number of hydrogen-bond acceptors (Lipinski definition) is 7. The SMILES string of the molecule is COC(=O)c1ccc(C(=O)Nc2cc(C(=O)CCCCc3ccc(Cl)cc3Cl)ccc2N2CCN(C(=O)CCN(C)C)CC2)cc1. The predicted molar refractivity (Wildman–Crippen MR) is 182 cm³/mol. The number of unbranched alkanes of at least 4 members (excludes halogenated alkanes) is 1. The molecule has 46 heavy (non-hydrogen) atoms. The van der Waals surface area contributed by atoms with Gasteiger partial charge >= 0.3 is 5.97 Å². The summed E-state index contributed by atoms with van der Waals surface area (Å²) < 4.78 is 4.75. The number of halogens is 2. The van der Waals surface area contributed by atoms with Crippen LogP contribution in [0, 0.1) is 0 Å². The Morgan fingerprint density at radius 3 is 2.15 bits per heavy atom. The lowest BCUT2D eigenvalue weighted by Crippen LogP contribution is -2.49. The maximum atomic E-state index is 13.3. The van der Waals surface area contributed by atoms with E-state index in [2.05, 4.69) is 10.2 Å². The van der Waals surface area contributed by atoms with Crippen molar-refractivity contribution >= 4 is 58.1 Å². The summed E-state index contributed by atoms with van der Waals surface area (Å²) in [5, 5.41) is 4.19. The van der Waals surface area contributed by atoms with Crippen molar-refractivity contribution in [3.05, 3.63) is 93.0 Å². The van der Waals surface area contributed by atoms with Crippen molar-refractivity contribution in [2.24, 2.45) is 0 Å². The fourth-order valence-electron chi connectivity index (χ4n) is 5.30. The van der Waals surface area contributed by atoms with Crippen molar-refractivity contribution in [3.8, 4) is 0 Å². The molecule has 1 fully saturated rings. The Morgan fingerprint density at radius 1 is 0.826 bits per heavy atom. The minimum absolute atomic E-state index is 0.0250. The number of benzene rings is 3. The smallest absolute Gasteiger partial charge is 0.337 e. The second kappa shape index (κ2) is 16.6. The zero-order valence-electron chi connectivity index (χ0n) is 26.5. The van der Waals surface area contributed by atoms with Gasteiger partial charge in [0.25, 0.3) is 5.91 Å². The number of piperazine rings is 1. The molecule has 3 aromatic carbocycles. The first-order valence-corrected chi connectivity index (χ1v) is 16.1. The molecule has 1 heterocycles. The Labute approximate surface area is 280 Å². The fourth-order valence-corrected chi connectivity index (χ4v) is 5.80. The summed E-state index contributed by atoms with van der Waals surface area (Å²) in [5.74, 6) is -0.768. The minimum Gasteiger partial charge on any atom is -0.465 e. The molecule has 2 amide bonds. The Kier molecular flexibility index (Phi) is 12.6. The highest BCUT2D eigenvalue weighted by atomic mass is 35.5. The van der Waals surface area contributed by atoms with Crippen LogP contribution >= 0.6 is 23.2 Å². The number of ether oxygens (including phenoxy) is 1. The van der Waals surface area contributed by atoms with Crippen LogP contribution in [0.15, 0.2) is 60.7 Å². The highest BCUT2D eigenvalue weighted by Crippen LogP contribution is 2.30. The van der Waals surface area contributed by atoms with E-state index in [1.54, 1.807) is 30.3 Å². The lowest BCUT2D eigenvalue weighted by atomic mass is 10.0. The highest BCUT2D eigenvalue weighted by molar-refractivity contribution is 6.35. The third-order valence-electron chi connectivity index (χ3n) is 8.00. The van der Waals surface area contributed by atoms with E-state index in [1.165, 1.54) is 19.2 Å². The van der Waals surface area contributed by atoms with Gasteiger partial charge in [0.1, 0.15) is 0 Å². The Balaban J connectivity index is 1.47. The summed E-state index contributed by atoms with van der Waals surface area (Å²) >= 11 is 12.3. The number of anilines is 2. The van der Waals surface area contributed by atoms with Crippen LogP contribution in [0.2, 0.25) is 10.0 Å². The summed E-state index contributed by atoms with van der Waals surface area (Å²) in [7, 11) is 5.19. The number of aryl methyl sites for hydroxylation is 1. The number of rotatable bonds is 13. The van der Waals surface area contributed by atoms with Crippen LogP contribution in [0.3, 0.4) is 0 Å². The van der Waals surface area contributed by atoms with E-state index in [4.69, 9.17) is 27.9 Å². The largest absolute Gasteiger partial charge is 0.465 e. The number of carbonyl (C=O) groups is 4. The van der Waals surface area contributed by atoms with Crippen molar-refractivity contribution < 1.29 is 23.9 Å². The number of hydrogen-bond donors (Lipinski definition) is 1. The summed E-state index contributed by atoms with van der Waals surface area (Å²) in [6.45, 7) is 3.00. The van der Waals surface area contributed by atoms with E-state index in [0.717, 1.165) is 24.1 Å². The lowest BCUT2D eigenvalue weighted by Gasteiger charge is -2.37. The molecule has 4 rings (SSSR count). The van der Waals surface area contributed by atoms with Crippen LogP contribution in [-0.2, 0) is 16.0 Å². The molecule has 1 saturated heterocycles. The number of carbonyl (C=O) groups excluding carboxylic acids is 4. The van der Waals surface area contributed by atoms with Crippen LogP contribution in [-0.4, -0.2) is 87.3 Å². The molecule has 0 aliphatic carbocycles. The van der Waals surface area contributed by atoms with Crippen LogP contribution < -0.4 is 10.2 Å². The second-order valence-corrected chi connectivity index (χ2v) is 12.4. The molecular weight excluding hydrogens is 627 g/mol. The maximum Gasteiger partial charge on any atom is 0.337 e. The molecule has 0 bridgehead atoms. The average Bonchev–Trinajstić information content (AvgIpc) is 3.06. The minimum atomic E-state index is -0.490. The van der Waals surface area contributed by atoms with Crippen molar-refractivity contribution in [1.29, 1.82) is 0 Å². The number of esters is 1. The first-order valence-electron chi connectivity index (χ1n) is 15.3. The molecule has 0 atom stereocenters. The molecule has 244 valence electrons. The molecular formula is C35H40Cl2N4O5. The van der Waals surface area contributed by atoms with Gasteiger partial charge in [-0.05, 0) is 93.5 Å². The van der Waals surface area contributed by atoms with E-state index in [1.807, 2.05) is 42.1 Å². The molecule has 11 heteroatoms. The van der Waals surface area contributed by atoms with Gasteiger partial charge in [-0.15, -0.1) is 0 Å². The zero-order chi connectivity index (χ0) is 33.2. The first-order chi connectivity index (χ1) is 22.0. The van der Waals surface area contributed by atoms with Crippen molar-refractivity contribution in [2.75, 3.05) is 64.1 Å². The zero-order valence-corrected chi connectivity index (χ0v) is 28.0. The van der Waals surface area contributed by atoms with Gasteiger partial charge in [-0.3, -0.25) is 14.4 Å². The lowest BCUT2D eigenvalue weighted by molar-refractivity contribution is -0.131. The average molecular weight is 668 g/mol. The van der Waals surface area contributed by atoms with Gasteiger partial charge in [-0.2, -0.15) is 0 Å². The van der Waals surface area contributed by atoms with Crippen LogP contribution in [0.4, 0.5) is 11.4 Å².